The zero-order valence-corrected chi connectivity index (χ0v) is 20.9. The van der Waals surface area contributed by atoms with Crippen molar-refractivity contribution in [3.8, 4) is 11.8 Å². The molecule has 0 radical (unpaired) electrons. The average Bonchev–Trinajstić information content (AvgIpc) is 3.66. The van der Waals surface area contributed by atoms with Crippen LogP contribution in [0.15, 0.2) is 77.2 Å². The maximum absolute atomic E-state index is 13.3. The molecule has 2 amide bonds. The fourth-order valence-corrected chi connectivity index (χ4v) is 5.69. The topological polar surface area (TPSA) is 58.7 Å². The SMILES string of the molecule is Cn1c(C(=O)N2CCC3(CCN(C(=O)c4ccc(C#Cc5ccccc5)o4)C3)CC2)cc2ccccc21. The number of para-hydroxylation sites is 1. The van der Waals surface area contributed by atoms with E-state index < -0.39 is 0 Å². The molecule has 2 aliphatic rings. The molecule has 0 saturated carbocycles. The van der Waals surface area contributed by atoms with Gasteiger partial charge in [0.05, 0.1) is 0 Å². The van der Waals surface area contributed by atoms with Gasteiger partial charge in [0.25, 0.3) is 11.8 Å². The monoisotopic (exact) mass is 491 g/mol. The van der Waals surface area contributed by atoms with Gasteiger partial charge in [0, 0.05) is 49.7 Å². The van der Waals surface area contributed by atoms with Crippen molar-refractivity contribution in [3.05, 3.63) is 95.6 Å². The van der Waals surface area contributed by atoms with Crippen LogP contribution in [-0.4, -0.2) is 52.4 Å². The first-order chi connectivity index (χ1) is 18.0. The summed E-state index contributed by atoms with van der Waals surface area (Å²) < 4.78 is 7.75. The summed E-state index contributed by atoms with van der Waals surface area (Å²) in [6.07, 6.45) is 2.76. The molecule has 37 heavy (non-hydrogen) atoms. The zero-order valence-electron chi connectivity index (χ0n) is 20.9. The summed E-state index contributed by atoms with van der Waals surface area (Å²) in [6.45, 7) is 2.83. The van der Waals surface area contributed by atoms with E-state index in [0.29, 0.717) is 37.7 Å². The first-order valence-corrected chi connectivity index (χ1v) is 12.8. The van der Waals surface area contributed by atoms with Gasteiger partial charge in [0.15, 0.2) is 11.5 Å². The highest BCUT2D eigenvalue weighted by Gasteiger charge is 2.43. The largest absolute Gasteiger partial charge is 0.443 e. The molecular formula is C31H29N3O3. The van der Waals surface area contributed by atoms with E-state index in [1.165, 1.54) is 0 Å². The summed E-state index contributed by atoms with van der Waals surface area (Å²) in [5, 5.41) is 1.08. The second-order valence-corrected chi connectivity index (χ2v) is 10.2. The van der Waals surface area contributed by atoms with E-state index in [1.807, 2.05) is 82.1 Å². The Morgan fingerprint density at radius 2 is 1.51 bits per heavy atom. The Labute approximate surface area is 216 Å². The molecule has 186 valence electrons. The summed E-state index contributed by atoms with van der Waals surface area (Å²) in [5.74, 6) is 6.88. The molecule has 0 atom stereocenters. The standard InChI is InChI=1S/C31H29N3O3/c1-32-26-10-6-5-9-24(26)21-27(32)29(35)33-18-15-31(16-19-33)17-20-34(22-31)30(36)28-14-13-25(37-28)12-11-23-7-3-2-4-8-23/h2-10,13-14,21H,15-20,22H2,1H3. The summed E-state index contributed by atoms with van der Waals surface area (Å²) in [7, 11) is 1.95. The molecular weight excluding hydrogens is 462 g/mol. The van der Waals surface area contributed by atoms with E-state index in [-0.39, 0.29) is 17.2 Å². The van der Waals surface area contributed by atoms with Crippen LogP contribution in [0.25, 0.3) is 10.9 Å². The lowest BCUT2D eigenvalue weighted by Gasteiger charge is -2.39. The number of aromatic nitrogens is 1. The molecule has 4 heterocycles. The maximum atomic E-state index is 13.3. The number of likely N-dealkylation sites (tertiary alicyclic amines) is 2. The smallest absolute Gasteiger partial charge is 0.289 e. The van der Waals surface area contributed by atoms with Gasteiger partial charge in [-0.2, -0.15) is 0 Å². The quantitative estimate of drug-likeness (QED) is 0.373. The highest BCUT2D eigenvalue weighted by molar-refractivity contribution is 5.98. The van der Waals surface area contributed by atoms with Crippen LogP contribution in [0.2, 0.25) is 0 Å². The fourth-order valence-electron chi connectivity index (χ4n) is 5.69. The van der Waals surface area contributed by atoms with Crippen molar-refractivity contribution in [2.75, 3.05) is 26.2 Å². The number of benzene rings is 2. The number of carbonyl (C=O) groups is 2. The van der Waals surface area contributed by atoms with Crippen molar-refractivity contribution in [3.63, 3.8) is 0 Å². The maximum Gasteiger partial charge on any atom is 0.289 e. The molecule has 2 aliphatic heterocycles. The summed E-state index contributed by atoms with van der Waals surface area (Å²) >= 11 is 0. The molecule has 2 aromatic heterocycles. The molecule has 2 aromatic carbocycles. The number of aryl methyl sites for hydroxylation is 1. The van der Waals surface area contributed by atoms with Crippen LogP contribution < -0.4 is 0 Å². The molecule has 2 fully saturated rings. The van der Waals surface area contributed by atoms with Crippen molar-refractivity contribution in [1.82, 2.24) is 14.4 Å². The highest BCUT2D eigenvalue weighted by Crippen LogP contribution is 2.41. The van der Waals surface area contributed by atoms with Crippen LogP contribution >= 0.6 is 0 Å². The third-order valence-electron chi connectivity index (χ3n) is 7.93. The Bertz CT molecular complexity index is 1530. The van der Waals surface area contributed by atoms with Gasteiger partial charge in [0.2, 0.25) is 0 Å². The van der Waals surface area contributed by atoms with E-state index in [1.54, 1.807) is 12.1 Å². The number of amides is 2. The minimum atomic E-state index is -0.0846. The van der Waals surface area contributed by atoms with E-state index in [4.69, 9.17) is 4.42 Å². The number of hydrogen-bond donors (Lipinski definition) is 0. The van der Waals surface area contributed by atoms with Gasteiger partial charge >= 0.3 is 0 Å². The average molecular weight is 492 g/mol. The van der Waals surface area contributed by atoms with Crippen molar-refractivity contribution in [2.24, 2.45) is 12.5 Å². The van der Waals surface area contributed by atoms with Crippen molar-refractivity contribution >= 4 is 22.7 Å². The normalized spacial score (nSPS) is 16.7. The number of carbonyl (C=O) groups excluding carboxylic acids is 2. The first-order valence-electron chi connectivity index (χ1n) is 12.8. The number of furan rings is 1. The lowest BCUT2D eigenvalue weighted by atomic mass is 9.77. The molecule has 6 nitrogen and oxygen atoms in total. The van der Waals surface area contributed by atoms with Gasteiger partial charge in [-0.3, -0.25) is 9.59 Å². The molecule has 0 N–H and O–H groups in total. The van der Waals surface area contributed by atoms with E-state index >= 15 is 0 Å². The lowest BCUT2D eigenvalue weighted by molar-refractivity contribution is 0.0553. The van der Waals surface area contributed by atoms with Crippen molar-refractivity contribution < 1.29 is 14.0 Å². The Morgan fingerprint density at radius 1 is 0.811 bits per heavy atom. The third kappa shape index (κ3) is 4.42. The van der Waals surface area contributed by atoms with Crippen molar-refractivity contribution in [2.45, 2.75) is 19.3 Å². The van der Waals surface area contributed by atoms with Gasteiger partial charge < -0.3 is 18.8 Å². The van der Waals surface area contributed by atoms with E-state index in [2.05, 4.69) is 11.8 Å². The molecule has 2 saturated heterocycles. The van der Waals surface area contributed by atoms with Crippen LogP contribution in [0.5, 0.6) is 0 Å². The summed E-state index contributed by atoms with van der Waals surface area (Å²) in [4.78, 5) is 30.3. The molecule has 0 bridgehead atoms. The molecule has 6 rings (SSSR count). The van der Waals surface area contributed by atoms with Crippen molar-refractivity contribution in [1.29, 1.82) is 0 Å². The van der Waals surface area contributed by atoms with Crippen LogP contribution in [0.4, 0.5) is 0 Å². The fraction of sp³-hybridized carbons (Fsp3) is 0.290. The van der Waals surface area contributed by atoms with Gasteiger partial charge in [-0.25, -0.2) is 0 Å². The molecule has 0 aliphatic carbocycles. The van der Waals surface area contributed by atoms with Crippen LogP contribution in [0, 0.1) is 17.3 Å². The van der Waals surface area contributed by atoms with Gasteiger partial charge in [-0.15, -0.1) is 0 Å². The second kappa shape index (κ2) is 9.33. The number of rotatable bonds is 2. The van der Waals surface area contributed by atoms with E-state index in [0.717, 1.165) is 41.4 Å². The Hall–Kier alpha value is -4.24. The Balaban J connectivity index is 1.08. The molecule has 6 heteroatoms. The minimum absolute atomic E-state index is 0.0634. The van der Waals surface area contributed by atoms with Gasteiger partial charge in [-0.05, 0) is 67.0 Å². The predicted molar refractivity (Wildman–Crippen MR) is 142 cm³/mol. The number of fused-ring (bicyclic) bond motifs is 1. The van der Waals surface area contributed by atoms with Crippen LogP contribution in [0.1, 0.15) is 51.6 Å². The minimum Gasteiger partial charge on any atom is -0.443 e. The van der Waals surface area contributed by atoms with Crippen LogP contribution in [0.3, 0.4) is 0 Å². The predicted octanol–water partition coefficient (Wildman–Crippen LogP) is 4.94. The molecule has 0 unspecified atom stereocenters. The third-order valence-corrected chi connectivity index (χ3v) is 7.93. The summed E-state index contributed by atoms with van der Waals surface area (Å²) in [6, 6.07) is 23.2. The number of piperidine rings is 1. The molecule has 1 spiro atoms. The zero-order chi connectivity index (χ0) is 25.4. The molecule has 4 aromatic rings. The second-order valence-electron chi connectivity index (χ2n) is 10.2. The Kier molecular flexibility index (Phi) is 5.84. The lowest BCUT2D eigenvalue weighted by Crippen LogP contribution is -2.45. The first kappa shape index (κ1) is 23.2. The summed E-state index contributed by atoms with van der Waals surface area (Å²) in [5.41, 5.74) is 2.76. The van der Waals surface area contributed by atoms with Gasteiger partial charge in [-0.1, -0.05) is 42.3 Å². The Morgan fingerprint density at radius 3 is 2.27 bits per heavy atom. The van der Waals surface area contributed by atoms with Crippen LogP contribution in [-0.2, 0) is 7.05 Å². The highest BCUT2D eigenvalue weighted by atomic mass is 16.3. The van der Waals surface area contributed by atoms with E-state index in [9.17, 15) is 9.59 Å². The number of hydrogen-bond acceptors (Lipinski definition) is 3. The van der Waals surface area contributed by atoms with Gasteiger partial charge in [0.1, 0.15) is 5.69 Å². The number of nitrogens with zero attached hydrogens (tertiary/aromatic N) is 3.